The molecule has 2 aliphatic carbocycles. The third-order valence-electron chi connectivity index (χ3n) is 3.54. The van der Waals surface area contributed by atoms with Crippen LogP contribution in [-0.2, 0) is 4.79 Å². The van der Waals surface area contributed by atoms with Crippen LogP contribution in [0.1, 0.15) is 12.8 Å². The summed E-state index contributed by atoms with van der Waals surface area (Å²) in [6.07, 6.45) is 6.50. The van der Waals surface area contributed by atoms with Crippen molar-refractivity contribution in [1.82, 2.24) is 0 Å². The zero-order valence-corrected chi connectivity index (χ0v) is 9.00. The van der Waals surface area contributed by atoms with Gasteiger partial charge in [-0.1, -0.05) is 30.4 Å². The van der Waals surface area contributed by atoms with Crippen molar-refractivity contribution >= 4 is 5.97 Å². The molecule has 1 aromatic carbocycles. The molecule has 3 rings (SSSR count). The zero-order valence-electron chi connectivity index (χ0n) is 9.00. The van der Waals surface area contributed by atoms with E-state index in [-0.39, 0.29) is 11.9 Å². The number of para-hydroxylation sites is 1. The molecule has 2 heteroatoms. The Hall–Kier alpha value is -1.57. The number of hydrogen-bond acceptors (Lipinski definition) is 2. The normalized spacial score (nSPS) is 30.6. The Morgan fingerprint density at radius 2 is 1.94 bits per heavy atom. The molecule has 0 radical (unpaired) electrons. The smallest absolute Gasteiger partial charge is 0.314 e. The van der Waals surface area contributed by atoms with E-state index in [1.165, 1.54) is 0 Å². The first-order valence-electron chi connectivity index (χ1n) is 5.78. The molecule has 1 aromatic rings. The second kappa shape index (κ2) is 3.78. The first kappa shape index (κ1) is 9.64. The van der Waals surface area contributed by atoms with Gasteiger partial charge in [0.25, 0.3) is 0 Å². The van der Waals surface area contributed by atoms with Gasteiger partial charge in [-0.25, -0.2) is 0 Å². The van der Waals surface area contributed by atoms with Crippen LogP contribution in [0.4, 0.5) is 0 Å². The summed E-state index contributed by atoms with van der Waals surface area (Å²) in [6.45, 7) is 0. The minimum absolute atomic E-state index is 0.0666. The molecule has 2 nitrogen and oxygen atoms in total. The second-order valence-corrected chi connectivity index (χ2v) is 4.62. The number of carbonyl (C=O) groups is 1. The Morgan fingerprint density at radius 3 is 2.56 bits per heavy atom. The first-order chi connectivity index (χ1) is 7.83. The fourth-order valence-electron chi connectivity index (χ4n) is 2.73. The van der Waals surface area contributed by atoms with Crippen LogP contribution >= 0.6 is 0 Å². The Morgan fingerprint density at radius 1 is 1.12 bits per heavy atom. The largest absolute Gasteiger partial charge is 0.426 e. The van der Waals surface area contributed by atoms with E-state index in [9.17, 15) is 4.79 Å². The number of benzene rings is 1. The molecule has 0 unspecified atom stereocenters. The molecule has 0 aliphatic heterocycles. The lowest BCUT2D eigenvalue weighted by Gasteiger charge is -2.16. The summed E-state index contributed by atoms with van der Waals surface area (Å²) in [5.41, 5.74) is 0. The molecule has 0 amide bonds. The van der Waals surface area contributed by atoms with Gasteiger partial charge in [-0.3, -0.25) is 4.79 Å². The monoisotopic (exact) mass is 214 g/mol. The summed E-state index contributed by atoms with van der Waals surface area (Å²) in [4.78, 5) is 11.9. The van der Waals surface area contributed by atoms with Crippen LogP contribution in [-0.4, -0.2) is 5.97 Å². The summed E-state index contributed by atoms with van der Waals surface area (Å²) < 4.78 is 5.38. The van der Waals surface area contributed by atoms with Crippen molar-refractivity contribution in [3.8, 4) is 5.75 Å². The summed E-state index contributed by atoms with van der Waals surface area (Å²) >= 11 is 0. The summed E-state index contributed by atoms with van der Waals surface area (Å²) in [5, 5.41) is 0. The maximum atomic E-state index is 11.9. The minimum atomic E-state index is -0.0666. The van der Waals surface area contributed by atoms with Crippen molar-refractivity contribution in [3.63, 3.8) is 0 Å². The standard InChI is InChI=1S/C14H14O2/c15-14(16-12-4-2-1-3-5-12)13-9-10-6-7-11(13)8-10/h1-7,10-11,13H,8-9H2/t10-,11+,13+/m1/s1. The van der Waals surface area contributed by atoms with Crippen LogP contribution in [0, 0.1) is 17.8 Å². The molecule has 0 heterocycles. The Labute approximate surface area is 94.9 Å². The van der Waals surface area contributed by atoms with Gasteiger partial charge >= 0.3 is 5.97 Å². The molecule has 82 valence electrons. The highest BCUT2D eigenvalue weighted by Gasteiger charge is 2.40. The van der Waals surface area contributed by atoms with Gasteiger partial charge in [-0.05, 0) is 36.8 Å². The predicted octanol–water partition coefficient (Wildman–Crippen LogP) is 2.80. The van der Waals surface area contributed by atoms with E-state index < -0.39 is 0 Å². The number of allylic oxidation sites excluding steroid dienone is 2. The second-order valence-electron chi connectivity index (χ2n) is 4.62. The van der Waals surface area contributed by atoms with E-state index in [0.717, 1.165) is 12.8 Å². The van der Waals surface area contributed by atoms with Crippen molar-refractivity contribution < 1.29 is 9.53 Å². The molecule has 0 aromatic heterocycles. The molecule has 2 bridgehead atoms. The number of esters is 1. The van der Waals surface area contributed by atoms with Crippen LogP contribution in [0.15, 0.2) is 42.5 Å². The zero-order chi connectivity index (χ0) is 11.0. The molecule has 0 spiro atoms. The molecule has 0 saturated heterocycles. The van der Waals surface area contributed by atoms with E-state index in [1.54, 1.807) is 0 Å². The predicted molar refractivity (Wildman–Crippen MR) is 60.9 cm³/mol. The first-order valence-corrected chi connectivity index (χ1v) is 5.78. The van der Waals surface area contributed by atoms with Crippen LogP contribution in [0.25, 0.3) is 0 Å². The lowest BCUT2D eigenvalue weighted by atomic mass is 9.94. The molecule has 3 atom stereocenters. The fourth-order valence-corrected chi connectivity index (χ4v) is 2.73. The maximum Gasteiger partial charge on any atom is 0.314 e. The van der Waals surface area contributed by atoms with Crippen molar-refractivity contribution in [2.75, 3.05) is 0 Å². The highest BCUT2D eigenvalue weighted by atomic mass is 16.5. The van der Waals surface area contributed by atoms with Gasteiger partial charge in [0.2, 0.25) is 0 Å². The summed E-state index contributed by atoms with van der Waals surface area (Å²) in [6, 6.07) is 9.31. The van der Waals surface area contributed by atoms with Gasteiger partial charge in [0.1, 0.15) is 5.75 Å². The Bertz CT molecular complexity index is 422. The van der Waals surface area contributed by atoms with Gasteiger partial charge in [0.05, 0.1) is 5.92 Å². The third-order valence-corrected chi connectivity index (χ3v) is 3.54. The van der Waals surface area contributed by atoms with E-state index in [0.29, 0.717) is 17.6 Å². The molecule has 0 N–H and O–H groups in total. The number of ether oxygens (including phenoxy) is 1. The lowest BCUT2D eigenvalue weighted by Crippen LogP contribution is -2.23. The van der Waals surface area contributed by atoms with Crippen LogP contribution in [0.3, 0.4) is 0 Å². The third kappa shape index (κ3) is 1.64. The van der Waals surface area contributed by atoms with Crippen molar-refractivity contribution in [2.45, 2.75) is 12.8 Å². The van der Waals surface area contributed by atoms with Crippen LogP contribution in [0.5, 0.6) is 5.75 Å². The number of fused-ring (bicyclic) bond motifs is 2. The quantitative estimate of drug-likeness (QED) is 0.430. The number of carbonyl (C=O) groups excluding carboxylic acids is 1. The topological polar surface area (TPSA) is 26.3 Å². The van der Waals surface area contributed by atoms with E-state index in [2.05, 4.69) is 12.2 Å². The van der Waals surface area contributed by atoms with Crippen LogP contribution < -0.4 is 4.74 Å². The lowest BCUT2D eigenvalue weighted by molar-refractivity contribution is -0.139. The van der Waals surface area contributed by atoms with Gasteiger partial charge in [-0.15, -0.1) is 0 Å². The van der Waals surface area contributed by atoms with Crippen molar-refractivity contribution in [1.29, 1.82) is 0 Å². The van der Waals surface area contributed by atoms with Crippen molar-refractivity contribution in [3.05, 3.63) is 42.5 Å². The van der Waals surface area contributed by atoms with Gasteiger partial charge in [-0.2, -0.15) is 0 Å². The average molecular weight is 214 g/mol. The van der Waals surface area contributed by atoms with Gasteiger partial charge in [0, 0.05) is 0 Å². The molecule has 1 saturated carbocycles. The minimum Gasteiger partial charge on any atom is -0.426 e. The SMILES string of the molecule is O=C(Oc1ccccc1)[C@H]1C[C@@H]2C=C[C@H]1C2. The molecule has 16 heavy (non-hydrogen) atoms. The number of rotatable bonds is 2. The molecular weight excluding hydrogens is 200 g/mol. The van der Waals surface area contributed by atoms with E-state index >= 15 is 0 Å². The van der Waals surface area contributed by atoms with Gasteiger partial charge < -0.3 is 4.74 Å². The Balaban J connectivity index is 1.69. The highest BCUT2D eigenvalue weighted by Crippen LogP contribution is 2.43. The summed E-state index contributed by atoms with van der Waals surface area (Å²) in [7, 11) is 0. The van der Waals surface area contributed by atoms with Crippen LogP contribution in [0.2, 0.25) is 0 Å². The van der Waals surface area contributed by atoms with E-state index in [1.807, 2.05) is 30.3 Å². The molecule has 2 aliphatic rings. The Kier molecular flexibility index (Phi) is 2.28. The van der Waals surface area contributed by atoms with Crippen molar-refractivity contribution in [2.24, 2.45) is 17.8 Å². The average Bonchev–Trinajstić information content (AvgIpc) is 2.92. The maximum absolute atomic E-state index is 11.9. The van der Waals surface area contributed by atoms with E-state index in [4.69, 9.17) is 4.74 Å². The highest BCUT2D eigenvalue weighted by molar-refractivity contribution is 5.76. The molecular formula is C14H14O2. The molecule has 1 fully saturated rings. The summed E-state index contributed by atoms with van der Waals surface area (Å²) in [5.74, 6) is 1.69. The van der Waals surface area contributed by atoms with Gasteiger partial charge in [0.15, 0.2) is 0 Å². The fraction of sp³-hybridized carbons (Fsp3) is 0.357. The number of hydrogen-bond donors (Lipinski definition) is 0.